The Labute approximate surface area is 178 Å². The van der Waals surface area contributed by atoms with Gasteiger partial charge in [0.15, 0.2) is 0 Å². The number of nitrogens with zero attached hydrogens (tertiary/aromatic N) is 3. The number of carbonyl (C=O) groups excluding carboxylic acids is 2. The average molecular weight is 419 g/mol. The summed E-state index contributed by atoms with van der Waals surface area (Å²) in [6.07, 6.45) is 6.71. The van der Waals surface area contributed by atoms with Gasteiger partial charge in [0, 0.05) is 30.1 Å². The lowest BCUT2D eigenvalue weighted by Gasteiger charge is -2.29. The van der Waals surface area contributed by atoms with Crippen molar-refractivity contribution in [2.45, 2.75) is 18.9 Å². The number of carbonyl (C=O) groups is 3. The van der Waals surface area contributed by atoms with E-state index in [1.165, 1.54) is 11.1 Å². The molecule has 1 aromatic carbocycles. The fraction of sp³-hybridized carbons (Fsp3) is 0.227. The van der Waals surface area contributed by atoms with Crippen LogP contribution < -0.4 is 5.32 Å². The van der Waals surface area contributed by atoms with Gasteiger partial charge in [-0.3, -0.25) is 19.4 Å². The number of aromatic amines is 1. The van der Waals surface area contributed by atoms with E-state index in [4.69, 9.17) is 0 Å². The fourth-order valence-electron chi connectivity index (χ4n) is 3.68. The molecule has 0 fully saturated rings. The van der Waals surface area contributed by atoms with Crippen LogP contribution in [0.4, 0.5) is 0 Å². The van der Waals surface area contributed by atoms with E-state index in [-0.39, 0.29) is 18.9 Å². The molecule has 9 nitrogen and oxygen atoms in total. The van der Waals surface area contributed by atoms with Crippen molar-refractivity contribution < 1.29 is 19.5 Å². The molecule has 9 heteroatoms. The lowest BCUT2D eigenvalue weighted by atomic mass is 9.96. The highest BCUT2D eigenvalue weighted by atomic mass is 16.4. The summed E-state index contributed by atoms with van der Waals surface area (Å²) in [4.78, 5) is 49.4. The number of carboxylic acids is 1. The largest absolute Gasteiger partial charge is 0.481 e. The topological polar surface area (TPSA) is 128 Å². The number of rotatable bonds is 7. The van der Waals surface area contributed by atoms with Gasteiger partial charge in [-0.25, -0.2) is 4.98 Å². The molecule has 0 saturated carbocycles. The first-order valence-electron chi connectivity index (χ1n) is 9.83. The molecule has 1 aliphatic rings. The second-order valence-corrected chi connectivity index (χ2v) is 7.32. The number of benzene rings is 1. The van der Waals surface area contributed by atoms with Crippen LogP contribution in [0.3, 0.4) is 0 Å². The van der Waals surface area contributed by atoms with Gasteiger partial charge in [-0.2, -0.15) is 0 Å². The van der Waals surface area contributed by atoms with Crippen molar-refractivity contribution in [3.8, 4) is 11.3 Å². The number of H-pyrrole nitrogens is 1. The molecule has 158 valence electrons. The zero-order valence-corrected chi connectivity index (χ0v) is 16.6. The van der Waals surface area contributed by atoms with E-state index in [1.807, 2.05) is 12.1 Å². The third kappa shape index (κ3) is 4.61. The van der Waals surface area contributed by atoms with Gasteiger partial charge in [-0.05, 0) is 29.7 Å². The van der Waals surface area contributed by atoms with Gasteiger partial charge in [-0.1, -0.05) is 18.2 Å². The van der Waals surface area contributed by atoms with E-state index in [0.717, 1.165) is 16.8 Å². The third-order valence-electron chi connectivity index (χ3n) is 5.22. The number of aromatic nitrogens is 3. The minimum absolute atomic E-state index is 0.150. The summed E-state index contributed by atoms with van der Waals surface area (Å²) in [5.74, 6) is -1.69. The number of carboxylic acid groups (broad SMARTS) is 1. The predicted octanol–water partition coefficient (Wildman–Crippen LogP) is 1.80. The Kier molecular flexibility index (Phi) is 5.74. The summed E-state index contributed by atoms with van der Waals surface area (Å²) in [6, 6.07) is 8.33. The normalized spacial score (nSPS) is 14.1. The Bertz CT molecular complexity index is 1100. The summed E-state index contributed by atoms with van der Waals surface area (Å²) >= 11 is 0. The number of aliphatic carboxylic acids is 1. The second kappa shape index (κ2) is 8.78. The maximum Gasteiger partial charge on any atom is 0.305 e. The molecular formula is C22H21N5O4. The number of fused-ring (bicyclic) bond motifs is 1. The van der Waals surface area contributed by atoms with E-state index in [9.17, 15) is 19.5 Å². The Morgan fingerprint density at radius 1 is 1.23 bits per heavy atom. The van der Waals surface area contributed by atoms with E-state index in [1.54, 1.807) is 36.9 Å². The quantitative estimate of drug-likeness (QED) is 0.536. The Hall–Kier alpha value is -4.01. The number of hydrogen-bond acceptors (Lipinski definition) is 5. The molecule has 1 aliphatic heterocycles. The summed E-state index contributed by atoms with van der Waals surface area (Å²) in [7, 11) is 0. The molecule has 0 unspecified atom stereocenters. The lowest BCUT2D eigenvalue weighted by molar-refractivity contribution is -0.137. The fourth-order valence-corrected chi connectivity index (χ4v) is 3.68. The van der Waals surface area contributed by atoms with Crippen molar-refractivity contribution in [3.05, 3.63) is 71.9 Å². The summed E-state index contributed by atoms with van der Waals surface area (Å²) in [5, 5.41) is 11.9. The number of amides is 2. The standard InChI is InChI=1S/C22H21N5O4/c28-20(26-18(9-21(29)30)16-2-1-6-23-10-16)12-27-7-5-14-3-4-15(8-17(14)22(27)31)19-11-24-13-25-19/h1-4,6,8,10-11,13,18H,5,7,9,12H2,(H,24,25)(H,26,28)(H,29,30)/t18-/m0/s1. The SMILES string of the molecule is O=C(O)C[C@H](NC(=O)CN1CCc2ccc(-c3cnc[nH]3)cc2C1=O)c1cccnc1. The van der Waals surface area contributed by atoms with Crippen LogP contribution in [0.1, 0.15) is 33.9 Å². The van der Waals surface area contributed by atoms with Gasteiger partial charge in [0.2, 0.25) is 5.91 Å². The lowest BCUT2D eigenvalue weighted by Crippen LogP contribution is -2.45. The van der Waals surface area contributed by atoms with Crippen molar-refractivity contribution >= 4 is 17.8 Å². The highest BCUT2D eigenvalue weighted by Gasteiger charge is 2.27. The van der Waals surface area contributed by atoms with Crippen LogP contribution in [0.15, 0.2) is 55.2 Å². The molecular weight excluding hydrogens is 398 g/mol. The monoisotopic (exact) mass is 419 g/mol. The van der Waals surface area contributed by atoms with Crippen LogP contribution in [0.2, 0.25) is 0 Å². The molecule has 2 aromatic heterocycles. The maximum absolute atomic E-state index is 13.0. The van der Waals surface area contributed by atoms with Crippen LogP contribution in [0.5, 0.6) is 0 Å². The van der Waals surface area contributed by atoms with Crippen LogP contribution in [0.25, 0.3) is 11.3 Å². The number of hydrogen-bond donors (Lipinski definition) is 3. The number of nitrogens with one attached hydrogen (secondary N) is 2. The van der Waals surface area contributed by atoms with Crippen molar-refractivity contribution in [1.29, 1.82) is 0 Å². The molecule has 4 rings (SSSR count). The molecule has 0 bridgehead atoms. The van der Waals surface area contributed by atoms with E-state index in [0.29, 0.717) is 24.1 Å². The zero-order valence-electron chi connectivity index (χ0n) is 16.6. The number of pyridine rings is 1. The van der Waals surface area contributed by atoms with Crippen LogP contribution in [-0.2, 0) is 16.0 Å². The molecule has 0 aliphatic carbocycles. The highest BCUT2D eigenvalue weighted by Crippen LogP contribution is 2.25. The summed E-state index contributed by atoms with van der Waals surface area (Å²) in [6.45, 7) is 0.266. The van der Waals surface area contributed by atoms with Gasteiger partial charge in [-0.15, -0.1) is 0 Å². The van der Waals surface area contributed by atoms with Crippen LogP contribution >= 0.6 is 0 Å². The highest BCUT2D eigenvalue weighted by molar-refractivity contribution is 5.99. The first-order chi connectivity index (χ1) is 15.0. The zero-order chi connectivity index (χ0) is 21.8. The molecule has 3 N–H and O–H groups in total. The molecule has 3 heterocycles. The minimum atomic E-state index is -1.04. The Morgan fingerprint density at radius 2 is 2.10 bits per heavy atom. The minimum Gasteiger partial charge on any atom is -0.481 e. The van der Waals surface area contributed by atoms with Gasteiger partial charge in [0.05, 0.1) is 37.2 Å². The predicted molar refractivity (Wildman–Crippen MR) is 111 cm³/mol. The van der Waals surface area contributed by atoms with Crippen molar-refractivity contribution in [3.63, 3.8) is 0 Å². The molecule has 0 saturated heterocycles. The first-order valence-corrected chi connectivity index (χ1v) is 9.83. The average Bonchev–Trinajstić information content (AvgIpc) is 3.30. The van der Waals surface area contributed by atoms with E-state index < -0.39 is 17.9 Å². The molecule has 3 aromatic rings. The van der Waals surface area contributed by atoms with Gasteiger partial charge in [0.25, 0.3) is 5.91 Å². The Balaban J connectivity index is 1.47. The van der Waals surface area contributed by atoms with Gasteiger partial charge >= 0.3 is 5.97 Å². The van der Waals surface area contributed by atoms with Crippen LogP contribution in [0, 0.1) is 0 Å². The summed E-state index contributed by atoms with van der Waals surface area (Å²) in [5.41, 5.74) is 3.73. The molecule has 1 atom stereocenters. The molecule has 2 amide bonds. The smallest absolute Gasteiger partial charge is 0.305 e. The maximum atomic E-state index is 13.0. The van der Waals surface area contributed by atoms with Gasteiger partial charge in [0.1, 0.15) is 0 Å². The van der Waals surface area contributed by atoms with Crippen molar-refractivity contribution in [2.24, 2.45) is 0 Å². The second-order valence-electron chi connectivity index (χ2n) is 7.32. The van der Waals surface area contributed by atoms with E-state index in [2.05, 4.69) is 20.3 Å². The summed E-state index contributed by atoms with van der Waals surface area (Å²) < 4.78 is 0. The van der Waals surface area contributed by atoms with Gasteiger partial charge < -0.3 is 20.3 Å². The van der Waals surface area contributed by atoms with Crippen molar-refractivity contribution in [1.82, 2.24) is 25.2 Å². The molecule has 31 heavy (non-hydrogen) atoms. The van der Waals surface area contributed by atoms with Crippen molar-refractivity contribution in [2.75, 3.05) is 13.1 Å². The van der Waals surface area contributed by atoms with E-state index >= 15 is 0 Å². The number of imidazole rings is 1. The van der Waals surface area contributed by atoms with Crippen LogP contribution in [-0.4, -0.2) is 55.8 Å². The Morgan fingerprint density at radius 3 is 2.81 bits per heavy atom. The first kappa shape index (κ1) is 20.3. The third-order valence-corrected chi connectivity index (χ3v) is 5.22. The molecule has 0 spiro atoms. The molecule has 0 radical (unpaired) electrons.